The molecule has 58 heavy (non-hydrogen) atoms. The highest BCUT2D eigenvalue weighted by molar-refractivity contribution is 5.94. The number of benzene rings is 3. The van der Waals surface area contributed by atoms with Crippen LogP contribution in [-0.4, -0.2) is 107 Å². The van der Waals surface area contributed by atoms with Gasteiger partial charge in [-0.3, -0.25) is 10.1 Å². The predicted octanol–water partition coefficient (Wildman–Crippen LogP) is 6.21. The van der Waals surface area contributed by atoms with Crippen molar-refractivity contribution < 1.29 is 21.8 Å². The van der Waals surface area contributed by atoms with Crippen LogP contribution in [-0.2, 0) is 11.8 Å². The molecule has 302 valence electrons. The SMILES string of the molecule is [2H]C1C=CN(c2ccc3c(C4CCN(CC5(F)CCN(C(=O)c6ccc(C7CN(c8cc(-c9ccccc9O)nnc8N)CCO7)cc6)CC5)CC4)cn(C)c3c2)[C@@H]([2H])N1. The molecule has 4 aliphatic rings. The maximum atomic E-state index is 16.4. The minimum absolute atomic E-state index is 0.0878. The van der Waals surface area contributed by atoms with Crippen LogP contribution in [0.15, 0.2) is 91.3 Å². The highest BCUT2D eigenvalue weighted by atomic mass is 19.1. The van der Waals surface area contributed by atoms with E-state index in [1.165, 1.54) is 10.9 Å². The number of amides is 1. The van der Waals surface area contributed by atoms with E-state index in [9.17, 15) is 9.90 Å². The van der Waals surface area contributed by atoms with Gasteiger partial charge in [0, 0.05) is 95.1 Å². The average Bonchev–Trinajstić information content (AvgIpc) is 3.59. The number of ether oxygens (including phenoxy) is 1. The molecule has 0 spiro atoms. The van der Waals surface area contributed by atoms with Crippen molar-refractivity contribution in [2.75, 3.05) is 81.1 Å². The third-order valence-electron chi connectivity index (χ3n) is 12.4. The molecule has 0 saturated carbocycles. The number of para-hydroxylation sites is 1. The van der Waals surface area contributed by atoms with Gasteiger partial charge in [-0.2, -0.15) is 0 Å². The topological polar surface area (TPSA) is 128 Å². The minimum Gasteiger partial charge on any atom is -0.507 e. The Kier molecular flexibility index (Phi) is 9.86. The molecule has 3 aromatic carbocycles. The average molecular weight is 788 g/mol. The summed E-state index contributed by atoms with van der Waals surface area (Å²) in [5, 5.41) is 22.9. The van der Waals surface area contributed by atoms with Crippen molar-refractivity contribution in [3.8, 4) is 17.0 Å². The normalized spacial score (nSPS) is 23.6. The molecule has 1 amide bonds. The number of rotatable bonds is 8. The summed E-state index contributed by atoms with van der Waals surface area (Å²) in [5.41, 5.74) is 11.6. The Bertz CT molecular complexity index is 2380. The smallest absolute Gasteiger partial charge is 0.253 e. The van der Waals surface area contributed by atoms with Crippen LogP contribution in [0.1, 0.15) is 61.9 Å². The van der Waals surface area contributed by atoms with E-state index in [-0.39, 0.29) is 17.8 Å². The molecule has 4 aliphatic heterocycles. The number of piperidine rings is 2. The maximum absolute atomic E-state index is 16.4. The van der Waals surface area contributed by atoms with Gasteiger partial charge in [0.25, 0.3) is 5.91 Å². The maximum Gasteiger partial charge on any atom is 0.253 e. The first-order valence-corrected chi connectivity index (χ1v) is 20.3. The molecule has 13 heteroatoms. The molecule has 6 heterocycles. The minimum atomic E-state index is -1.34. The Labute approximate surface area is 341 Å². The third kappa shape index (κ3) is 7.73. The van der Waals surface area contributed by atoms with Gasteiger partial charge in [-0.25, -0.2) is 4.39 Å². The molecule has 0 radical (unpaired) electrons. The second kappa shape index (κ2) is 16.0. The van der Waals surface area contributed by atoms with Crippen LogP contribution in [0, 0.1) is 0 Å². The summed E-state index contributed by atoms with van der Waals surface area (Å²) in [5.74, 6) is 0.707. The Hall–Kier alpha value is -5.50. The fourth-order valence-corrected chi connectivity index (χ4v) is 9.04. The van der Waals surface area contributed by atoms with Crippen molar-refractivity contribution in [2.24, 2.45) is 7.05 Å². The van der Waals surface area contributed by atoms with E-state index in [0.717, 1.165) is 48.4 Å². The number of likely N-dealkylation sites (tertiary alicyclic amines) is 2. The molecule has 2 unspecified atom stereocenters. The molecular formula is C45H52FN9O3. The zero-order valence-corrected chi connectivity index (χ0v) is 32.8. The van der Waals surface area contributed by atoms with Crippen molar-refractivity contribution in [2.45, 2.75) is 43.4 Å². The van der Waals surface area contributed by atoms with Crippen LogP contribution >= 0.6 is 0 Å². The largest absolute Gasteiger partial charge is 0.507 e. The first-order valence-electron chi connectivity index (χ1n) is 21.4. The summed E-state index contributed by atoms with van der Waals surface area (Å²) in [6.45, 7) is 3.11. The lowest BCUT2D eigenvalue weighted by Crippen LogP contribution is -2.50. The van der Waals surface area contributed by atoms with Crippen LogP contribution in [0.25, 0.3) is 22.2 Å². The zero-order chi connectivity index (χ0) is 41.5. The summed E-state index contributed by atoms with van der Waals surface area (Å²) in [6.07, 6.45) is 8.05. The van der Waals surface area contributed by atoms with Crippen LogP contribution in [0.3, 0.4) is 0 Å². The van der Waals surface area contributed by atoms with Crippen molar-refractivity contribution in [1.29, 1.82) is 0 Å². The van der Waals surface area contributed by atoms with E-state index in [1.54, 1.807) is 29.2 Å². The van der Waals surface area contributed by atoms with Gasteiger partial charge in [0.2, 0.25) is 0 Å². The van der Waals surface area contributed by atoms with Crippen molar-refractivity contribution in [1.82, 2.24) is 29.9 Å². The number of nitrogen functional groups attached to an aromatic ring is 1. The van der Waals surface area contributed by atoms with Gasteiger partial charge < -0.3 is 39.7 Å². The summed E-state index contributed by atoms with van der Waals surface area (Å²) in [7, 11) is 2.06. The third-order valence-corrected chi connectivity index (χ3v) is 12.4. The summed E-state index contributed by atoms with van der Waals surface area (Å²) in [6, 6.07) is 22.7. The molecule has 3 fully saturated rings. The van der Waals surface area contributed by atoms with Gasteiger partial charge in [0.15, 0.2) is 5.82 Å². The lowest BCUT2D eigenvalue weighted by molar-refractivity contribution is 0.0176. The number of fused-ring (bicyclic) bond motifs is 1. The number of aryl methyl sites for hydroxylation is 1. The number of phenolic OH excluding ortho intramolecular Hbond substituents is 1. The number of nitrogens with two attached hydrogens (primary N) is 1. The number of hydrogen-bond donors (Lipinski definition) is 3. The number of alkyl halides is 1. The van der Waals surface area contributed by atoms with Gasteiger partial charge in [-0.05, 0) is 85.4 Å². The second-order valence-corrected chi connectivity index (χ2v) is 16.0. The summed E-state index contributed by atoms with van der Waals surface area (Å²) < 4.78 is 40.9. The summed E-state index contributed by atoms with van der Waals surface area (Å²) in [4.78, 5) is 21.6. The molecule has 0 bridgehead atoms. The number of morpholine rings is 1. The molecule has 2 aromatic heterocycles. The number of nitrogens with one attached hydrogen (secondary N) is 1. The van der Waals surface area contributed by atoms with Gasteiger partial charge in [-0.15, -0.1) is 10.2 Å². The zero-order valence-electron chi connectivity index (χ0n) is 34.8. The number of hydrogen-bond acceptors (Lipinski definition) is 10. The molecule has 4 N–H and O–H groups in total. The Morgan fingerprint density at radius 1 is 1.03 bits per heavy atom. The number of anilines is 3. The number of carbonyl (C=O) groups excluding carboxylic acids is 1. The van der Waals surface area contributed by atoms with Crippen LogP contribution in [0.2, 0.25) is 0 Å². The first kappa shape index (κ1) is 35.6. The monoisotopic (exact) mass is 787 g/mol. The standard InChI is InChI=1S/C45H52FN9O3/c1-51-27-37(35-12-11-34(25-39(35)51)55-18-4-17-48-30-55)31-13-19-52(20-14-31)29-45(46)15-21-53(22-16-45)44(57)33-9-7-32(8-10-33)42-28-54(23-24-58-42)40-26-38(49-50-43(40)47)36-5-2-3-6-41(36)56/h2-12,18,25-27,31,42,48,56H,13-17,19-24,28-30H2,1H3,(H2,47,50)/i17D,30D/t17?,30-,42?/m0/s1. The quantitative estimate of drug-likeness (QED) is 0.167. The Morgan fingerprint density at radius 3 is 2.60 bits per heavy atom. The lowest BCUT2D eigenvalue weighted by Gasteiger charge is -2.41. The number of halogens is 1. The summed E-state index contributed by atoms with van der Waals surface area (Å²) >= 11 is 0. The number of aromatic nitrogens is 3. The van der Waals surface area contributed by atoms with E-state index >= 15 is 4.39 Å². The van der Waals surface area contributed by atoms with Crippen molar-refractivity contribution in [3.05, 3.63) is 108 Å². The molecule has 9 rings (SSSR count). The van der Waals surface area contributed by atoms with Crippen LogP contribution < -0.4 is 20.9 Å². The molecular weight excluding hydrogens is 734 g/mol. The van der Waals surface area contributed by atoms with Crippen molar-refractivity contribution in [3.63, 3.8) is 0 Å². The van der Waals surface area contributed by atoms with E-state index in [1.807, 2.05) is 53.6 Å². The highest BCUT2D eigenvalue weighted by Crippen LogP contribution is 2.38. The van der Waals surface area contributed by atoms with E-state index < -0.39 is 18.8 Å². The van der Waals surface area contributed by atoms with Crippen LogP contribution in [0.4, 0.5) is 21.6 Å². The fourth-order valence-electron chi connectivity index (χ4n) is 9.04. The van der Waals surface area contributed by atoms with Gasteiger partial charge in [-0.1, -0.05) is 36.4 Å². The number of aromatic hydroxyl groups is 1. The first-order chi connectivity index (χ1) is 29.0. The predicted molar refractivity (Wildman–Crippen MR) is 226 cm³/mol. The van der Waals surface area contributed by atoms with E-state index in [4.69, 9.17) is 13.2 Å². The van der Waals surface area contributed by atoms with E-state index in [0.29, 0.717) is 80.7 Å². The van der Waals surface area contributed by atoms with Gasteiger partial charge in [0.1, 0.15) is 17.5 Å². The van der Waals surface area contributed by atoms with Crippen molar-refractivity contribution >= 4 is 34.0 Å². The molecule has 3 atom stereocenters. The highest BCUT2D eigenvalue weighted by Gasteiger charge is 2.39. The number of carbonyl (C=O) groups is 1. The number of nitrogens with zero attached hydrogens (tertiary/aromatic N) is 7. The van der Waals surface area contributed by atoms with Gasteiger partial charge in [0.05, 0.1) is 31.5 Å². The lowest BCUT2D eigenvalue weighted by atomic mass is 9.87. The van der Waals surface area contributed by atoms with E-state index in [2.05, 4.69) is 55.3 Å². The Balaban J connectivity index is 0.769. The van der Waals surface area contributed by atoms with Gasteiger partial charge >= 0.3 is 0 Å². The molecule has 12 nitrogen and oxygen atoms in total. The second-order valence-electron chi connectivity index (χ2n) is 16.0. The Morgan fingerprint density at radius 2 is 1.83 bits per heavy atom. The fraction of sp³-hybridized carbons (Fsp3) is 0.400. The molecule has 5 aromatic rings. The number of phenols is 1. The van der Waals surface area contributed by atoms with Crippen LogP contribution in [0.5, 0.6) is 5.75 Å². The molecule has 0 aliphatic carbocycles. The molecule has 3 saturated heterocycles.